The zero-order chi connectivity index (χ0) is 10.9. The number of unbranched alkanes of at least 4 members (excludes halogenated alkanes) is 1. The Labute approximate surface area is 91.8 Å². The minimum absolute atomic E-state index is 0.269. The fourth-order valence-corrected chi connectivity index (χ4v) is 1.69. The van der Waals surface area contributed by atoms with Gasteiger partial charge >= 0.3 is 6.09 Å². The van der Waals surface area contributed by atoms with E-state index < -0.39 is 0 Å². The van der Waals surface area contributed by atoms with Crippen molar-refractivity contribution in [3.8, 4) is 0 Å². The molecular formula is C11H22N2O2. The minimum Gasteiger partial charge on any atom is -0.450 e. The summed E-state index contributed by atoms with van der Waals surface area (Å²) in [7, 11) is 0. The summed E-state index contributed by atoms with van der Waals surface area (Å²) in [6.07, 6.45) is 4.13. The van der Waals surface area contributed by atoms with E-state index in [9.17, 15) is 4.79 Å². The van der Waals surface area contributed by atoms with Crippen molar-refractivity contribution in [3.05, 3.63) is 0 Å². The molecule has 1 unspecified atom stereocenters. The van der Waals surface area contributed by atoms with Crippen molar-refractivity contribution in [2.75, 3.05) is 26.2 Å². The van der Waals surface area contributed by atoms with Crippen molar-refractivity contribution < 1.29 is 9.53 Å². The van der Waals surface area contributed by atoms with Crippen molar-refractivity contribution in [2.45, 2.75) is 32.6 Å². The molecule has 1 heterocycles. The molecular weight excluding hydrogens is 192 g/mol. The number of nitrogens with one attached hydrogen (secondary N) is 2. The molecule has 0 radical (unpaired) electrons. The quantitative estimate of drug-likeness (QED) is 0.682. The first-order chi connectivity index (χ1) is 7.33. The zero-order valence-electron chi connectivity index (χ0n) is 9.55. The summed E-state index contributed by atoms with van der Waals surface area (Å²) in [5.74, 6) is 0.567. The predicted octanol–water partition coefficient (Wildman–Crippen LogP) is 1.51. The van der Waals surface area contributed by atoms with Crippen LogP contribution in [0.15, 0.2) is 0 Å². The topological polar surface area (TPSA) is 50.4 Å². The highest BCUT2D eigenvalue weighted by molar-refractivity contribution is 5.67. The van der Waals surface area contributed by atoms with E-state index in [1.165, 1.54) is 12.8 Å². The number of hydrogen-bond donors (Lipinski definition) is 2. The van der Waals surface area contributed by atoms with Crippen LogP contribution in [0.2, 0.25) is 0 Å². The molecule has 0 aromatic heterocycles. The molecule has 1 atom stereocenters. The molecule has 0 bridgehead atoms. The Morgan fingerprint density at radius 3 is 3.13 bits per heavy atom. The van der Waals surface area contributed by atoms with Crippen LogP contribution in [-0.2, 0) is 4.74 Å². The van der Waals surface area contributed by atoms with Crippen LogP contribution in [0.1, 0.15) is 32.6 Å². The molecule has 88 valence electrons. The lowest BCUT2D eigenvalue weighted by Crippen LogP contribution is -2.38. The Kier molecular flexibility index (Phi) is 6.16. The molecule has 1 aliphatic rings. The molecule has 0 aliphatic carbocycles. The van der Waals surface area contributed by atoms with Gasteiger partial charge in [-0.25, -0.2) is 4.79 Å². The second-order valence-corrected chi connectivity index (χ2v) is 4.08. The minimum atomic E-state index is -0.269. The molecule has 2 N–H and O–H groups in total. The third-order valence-electron chi connectivity index (χ3n) is 2.67. The lowest BCUT2D eigenvalue weighted by atomic mass is 10.00. The van der Waals surface area contributed by atoms with Crippen LogP contribution in [0.5, 0.6) is 0 Å². The van der Waals surface area contributed by atoms with E-state index in [2.05, 4.69) is 17.6 Å². The van der Waals surface area contributed by atoms with Gasteiger partial charge in [-0.05, 0) is 38.3 Å². The largest absolute Gasteiger partial charge is 0.450 e. The first-order valence-electron chi connectivity index (χ1n) is 5.94. The van der Waals surface area contributed by atoms with E-state index in [-0.39, 0.29) is 6.09 Å². The third kappa shape index (κ3) is 5.62. The summed E-state index contributed by atoms with van der Waals surface area (Å²) >= 11 is 0. The predicted molar refractivity (Wildman–Crippen MR) is 59.9 cm³/mol. The fraction of sp³-hybridized carbons (Fsp3) is 0.909. The fourth-order valence-electron chi connectivity index (χ4n) is 1.69. The normalized spacial score (nSPS) is 21.0. The van der Waals surface area contributed by atoms with Crippen LogP contribution < -0.4 is 10.6 Å². The van der Waals surface area contributed by atoms with Gasteiger partial charge in [0.2, 0.25) is 0 Å². The number of piperidine rings is 1. The zero-order valence-corrected chi connectivity index (χ0v) is 9.55. The third-order valence-corrected chi connectivity index (χ3v) is 2.67. The Morgan fingerprint density at radius 1 is 1.60 bits per heavy atom. The number of carbonyl (C=O) groups excluding carboxylic acids is 1. The summed E-state index contributed by atoms with van der Waals surface area (Å²) in [4.78, 5) is 11.2. The smallest absolute Gasteiger partial charge is 0.407 e. The number of ether oxygens (including phenoxy) is 1. The molecule has 15 heavy (non-hydrogen) atoms. The van der Waals surface area contributed by atoms with Crippen molar-refractivity contribution in [3.63, 3.8) is 0 Å². The summed E-state index contributed by atoms with van der Waals surface area (Å²) in [6.45, 7) is 5.46. The van der Waals surface area contributed by atoms with E-state index in [0.29, 0.717) is 12.5 Å². The second kappa shape index (κ2) is 7.51. The maximum absolute atomic E-state index is 11.2. The highest BCUT2D eigenvalue weighted by Crippen LogP contribution is 2.08. The molecule has 1 saturated heterocycles. The van der Waals surface area contributed by atoms with Gasteiger partial charge in [0, 0.05) is 6.54 Å². The van der Waals surface area contributed by atoms with E-state index in [1.807, 2.05) is 0 Å². The van der Waals surface area contributed by atoms with Gasteiger partial charge in [0.05, 0.1) is 6.61 Å². The van der Waals surface area contributed by atoms with Crippen LogP contribution in [-0.4, -0.2) is 32.3 Å². The molecule has 0 aromatic carbocycles. The van der Waals surface area contributed by atoms with Gasteiger partial charge in [-0.15, -0.1) is 0 Å². The Bertz CT molecular complexity index is 179. The van der Waals surface area contributed by atoms with Crippen molar-refractivity contribution in [1.82, 2.24) is 10.6 Å². The SMILES string of the molecule is CCCCOC(=O)NCC1CCCNC1. The average Bonchev–Trinajstić information content (AvgIpc) is 2.28. The summed E-state index contributed by atoms with van der Waals surface area (Å²) in [5, 5.41) is 6.13. The second-order valence-electron chi connectivity index (χ2n) is 4.08. The highest BCUT2D eigenvalue weighted by atomic mass is 16.5. The molecule has 1 aliphatic heterocycles. The Morgan fingerprint density at radius 2 is 2.47 bits per heavy atom. The first kappa shape index (κ1) is 12.3. The molecule has 1 fully saturated rings. The van der Waals surface area contributed by atoms with E-state index in [1.54, 1.807) is 0 Å². The van der Waals surface area contributed by atoms with E-state index >= 15 is 0 Å². The number of rotatable bonds is 5. The average molecular weight is 214 g/mol. The van der Waals surface area contributed by atoms with Crippen LogP contribution >= 0.6 is 0 Å². The molecule has 4 heteroatoms. The maximum Gasteiger partial charge on any atom is 0.407 e. The Hall–Kier alpha value is -0.770. The molecule has 1 amide bonds. The van der Waals surface area contributed by atoms with Crippen LogP contribution in [0.3, 0.4) is 0 Å². The van der Waals surface area contributed by atoms with Crippen molar-refractivity contribution >= 4 is 6.09 Å². The lowest BCUT2D eigenvalue weighted by Gasteiger charge is -2.22. The first-order valence-corrected chi connectivity index (χ1v) is 5.94. The lowest BCUT2D eigenvalue weighted by molar-refractivity contribution is 0.142. The highest BCUT2D eigenvalue weighted by Gasteiger charge is 2.13. The van der Waals surface area contributed by atoms with E-state index in [4.69, 9.17) is 4.74 Å². The molecule has 1 rings (SSSR count). The molecule has 4 nitrogen and oxygen atoms in total. The maximum atomic E-state index is 11.2. The monoisotopic (exact) mass is 214 g/mol. The number of amides is 1. The van der Waals surface area contributed by atoms with Crippen LogP contribution in [0, 0.1) is 5.92 Å². The Balaban J connectivity index is 2.00. The van der Waals surface area contributed by atoms with Gasteiger partial charge in [-0.1, -0.05) is 13.3 Å². The molecule has 0 aromatic rings. The van der Waals surface area contributed by atoms with Gasteiger partial charge in [0.15, 0.2) is 0 Å². The summed E-state index contributed by atoms with van der Waals surface area (Å²) in [6, 6.07) is 0. The number of carbonyl (C=O) groups is 1. The molecule has 0 saturated carbocycles. The van der Waals surface area contributed by atoms with Crippen molar-refractivity contribution in [2.24, 2.45) is 5.92 Å². The standard InChI is InChI=1S/C11H22N2O2/c1-2-3-7-15-11(14)13-9-10-5-4-6-12-8-10/h10,12H,2-9H2,1H3,(H,13,14). The summed E-state index contributed by atoms with van der Waals surface area (Å²) < 4.78 is 5.00. The number of alkyl carbamates (subject to hydrolysis) is 1. The van der Waals surface area contributed by atoms with Gasteiger partial charge in [-0.2, -0.15) is 0 Å². The summed E-state index contributed by atoms with van der Waals surface area (Å²) in [5.41, 5.74) is 0. The van der Waals surface area contributed by atoms with Crippen LogP contribution in [0.25, 0.3) is 0 Å². The van der Waals surface area contributed by atoms with Gasteiger partial charge in [0.25, 0.3) is 0 Å². The van der Waals surface area contributed by atoms with Gasteiger partial charge in [-0.3, -0.25) is 0 Å². The van der Waals surface area contributed by atoms with Crippen LogP contribution in [0.4, 0.5) is 4.79 Å². The van der Waals surface area contributed by atoms with E-state index in [0.717, 1.165) is 32.5 Å². The van der Waals surface area contributed by atoms with Gasteiger partial charge < -0.3 is 15.4 Å². The number of hydrogen-bond acceptors (Lipinski definition) is 3. The molecule has 0 spiro atoms. The van der Waals surface area contributed by atoms with Crippen molar-refractivity contribution in [1.29, 1.82) is 0 Å². The van der Waals surface area contributed by atoms with Gasteiger partial charge in [0.1, 0.15) is 0 Å².